The number of pyridine rings is 1. The lowest BCUT2D eigenvalue weighted by molar-refractivity contribution is 0.0995. The van der Waals surface area contributed by atoms with Crippen LogP contribution in [0.3, 0.4) is 0 Å². The second-order valence-corrected chi connectivity index (χ2v) is 5.64. The molecule has 1 aromatic rings. The number of nitrogens with zero attached hydrogens (tertiary/aromatic N) is 3. The summed E-state index contributed by atoms with van der Waals surface area (Å²) < 4.78 is 0. The molecule has 0 saturated carbocycles. The molecule has 0 bridgehead atoms. The van der Waals surface area contributed by atoms with Crippen molar-refractivity contribution in [3.05, 3.63) is 36.2 Å². The van der Waals surface area contributed by atoms with Gasteiger partial charge in [0.1, 0.15) is 5.69 Å². The molecule has 2 N–H and O–H groups in total. The predicted octanol–water partition coefficient (Wildman–Crippen LogP) is 2.43. The van der Waals surface area contributed by atoms with Gasteiger partial charge in [0.25, 0.3) is 5.91 Å². The minimum atomic E-state index is -0.548. The van der Waals surface area contributed by atoms with E-state index in [2.05, 4.69) is 16.6 Å². The zero-order chi connectivity index (χ0) is 15.8. The van der Waals surface area contributed by atoms with Crippen LogP contribution in [0.2, 0.25) is 0 Å². The standard InChI is InChI=1S/C14H19ClN4OS/c1-10(11-5-6-12(13(16)20)18-9-11)19(3)14(17-2)21-8-4-7-15/h5-6,9H,1,4,7-8H2,2-3H3,(H2,16,20). The third kappa shape index (κ3) is 5.06. The van der Waals surface area contributed by atoms with Gasteiger partial charge in [-0.1, -0.05) is 18.3 Å². The molecule has 0 unspecified atom stereocenters. The number of aromatic nitrogens is 1. The van der Waals surface area contributed by atoms with Crippen LogP contribution in [0, 0.1) is 0 Å². The Morgan fingerprint density at radius 3 is 2.76 bits per heavy atom. The summed E-state index contributed by atoms with van der Waals surface area (Å²) in [5.74, 6) is 0.979. The van der Waals surface area contributed by atoms with E-state index in [1.807, 2.05) is 11.9 Å². The van der Waals surface area contributed by atoms with Gasteiger partial charge in [-0.05, 0) is 18.6 Å². The zero-order valence-electron chi connectivity index (χ0n) is 12.2. The van der Waals surface area contributed by atoms with Crippen LogP contribution in [-0.4, -0.2) is 46.7 Å². The van der Waals surface area contributed by atoms with Crippen LogP contribution < -0.4 is 5.73 Å². The Labute approximate surface area is 134 Å². The van der Waals surface area contributed by atoms with Gasteiger partial charge < -0.3 is 10.6 Å². The van der Waals surface area contributed by atoms with Crippen LogP contribution >= 0.6 is 23.4 Å². The van der Waals surface area contributed by atoms with E-state index in [-0.39, 0.29) is 5.69 Å². The number of aliphatic imine (C=N–C) groups is 1. The molecule has 0 fully saturated rings. The number of hydrogen-bond donors (Lipinski definition) is 1. The van der Waals surface area contributed by atoms with Crippen LogP contribution in [0.4, 0.5) is 0 Å². The van der Waals surface area contributed by atoms with Gasteiger partial charge in [-0.25, -0.2) is 0 Å². The Morgan fingerprint density at radius 1 is 1.57 bits per heavy atom. The van der Waals surface area contributed by atoms with Crippen molar-refractivity contribution in [3.63, 3.8) is 0 Å². The number of amidine groups is 1. The number of thioether (sulfide) groups is 1. The van der Waals surface area contributed by atoms with Crippen molar-refractivity contribution in [2.24, 2.45) is 10.7 Å². The van der Waals surface area contributed by atoms with E-state index in [1.54, 1.807) is 37.1 Å². The second kappa shape index (κ2) is 8.69. The summed E-state index contributed by atoms with van der Waals surface area (Å²) in [5, 5.41) is 0.851. The molecule has 114 valence electrons. The molecule has 0 aliphatic carbocycles. The summed E-state index contributed by atoms with van der Waals surface area (Å²) in [6, 6.07) is 3.35. The second-order valence-electron chi connectivity index (χ2n) is 4.20. The van der Waals surface area contributed by atoms with Gasteiger partial charge >= 0.3 is 0 Å². The molecule has 5 nitrogen and oxygen atoms in total. The maximum atomic E-state index is 11.0. The number of primary amides is 1. The van der Waals surface area contributed by atoms with Crippen LogP contribution in [0.15, 0.2) is 29.9 Å². The zero-order valence-corrected chi connectivity index (χ0v) is 13.7. The summed E-state index contributed by atoms with van der Waals surface area (Å²) in [5.41, 5.74) is 6.96. The van der Waals surface area contributed by atoms with E-state index in [9.17, 15) is 4.79 Å². The molecule has 0 spiro atoms. The molecular weight excluding hydrogens is 308 g/mol. The average molecular weight is 327 g/mol. The number of nitrogens with two attached hydrogens (primary N) is 1. The third-order valence-electron chi connectivity index (χ3n) is 2.74. The predicted molar refractivity (Wildman–Crippen MR) is 90.7 cm³/mol. The fourth-order valence-electron chi connectivity index (χ4n) is 1.55. The number of hydrogen-bond acceptors (Lipinski definition) is 4. The van der Waals surface area contributed by atoms with Gasteiger partial charge in [-0.3, -0.25) is 14.8 Å². The normalized spacial score (nSPS) is 11.3. The molecule has 0 aliphatic rings. The molecule has 21 heavy (non-hydrogen) atoms. The molecule has 0 atom stereocenters. The van der Waals surface area contributed by atoms with Gasteiger partial charge in [-0.2, -0.15) is 0 Å². The fraction of sp³-hybridized carbons (Fsp3) is 0.357. The topological polar surface area (TPSA) is 71.6 Å². The Kier molecular flexibility index (Phi) is 7.25. The van der Waals surface area contributed by atoms with Crippen molar-refractivity contribution in [3.8, 4) is 0 Å². The molecule has 0 saturated heterocycles. The SMILES string of the molecule is C=C(c1ccc(C(N)=O)nc1)N(C)C(=NC)SCCCCl. The number of carbonyl (C=O) groups is 1. The van der Waals surface area contributed by atoms with Gasteiger partial charge in [0.2, 0.25) is 0 Å². The summed E-state index contributed by atoms with van der Waals surface area (Å²) in [7, 11) is 3.63. The first-order valence-electron chi connectivity index (χ1n) is 6.35. The third-order valence-corrected chi connectivity index (χ3v) is 4.22. The van der Waals surface area contributed by atoms with E-state index < -0.39 is 5.91 Å². The first-order chi connectivity index (χ1) is 10.0. The quantitative estimate of drug-likeness (QED) is 0.377. The maximum Gasteiger partial charge on any atom is 0.267 e. The molecule has 7 heteroatoms. The fourth-order valence-corrected chi connectivity index (χ4v) is 2.75. The average Bonchev–Trinajstić information content (AvgIpc) is 2.50. The number of carbonyl (C=O) groups excluding carboxylic acids is 1. The molecule has 1 aromatic heterocycles. The van der Waals surface area contributed by atoms with E-state index in [1.165, 1.54) is 0 Å². The Hall–Kier alpha value is -1.53. The number of alkyl halides is 1. The van der Waals surface area contributed by atoms with Crippen molar-refractivity contribution in [1.29, 1.82) is 0 Å². The minimum absolute atomic E-state index is 0.232. The molecule has 0 radical (unpaired) electrons. The highest BCUT2D eigenvalue weighted by atomic mass is 35.5. The van der Waals surface area contributed by atoms with Crippen LogP contribution in [0.1, 0.15) is 22.5 Å². The molecular formula is C14H19ClN4OS. The van der Waals surface area contributed by atoms with Crippen molar-refractivity contribution in [2.75, 3.05) is 25.7 Å². The van der Waals surface area contributed by atoms with Gasteiger partial charge in [0.05, 0.1) is 0 Å². The van der Waals surface area contributed by atoms with Crippen LogP contribution in [0.5, 0.6) is 0 Å². The first kappa shape index (κ1) is 17.5. The minimum Gasteiger partial charge on any atom is -0.364 e. The van der Waals surface area contributed by atoms with Crippen molar-refractivity contribution >= 4 is 40.1 Å². The highest BCUT2D eigenvalue weighted by Gasteiger charge is 2.12. The van der Waals surface area contributed by atoms with E-state index >= 15 is 0 Å². The smallest absolute Gasteiger partial charge is 0.267 e. The Balaban J connectivity index is 2.78. The highest BCUT2D eigenvalue weighted by Crippen LogP contribution is 2.20. The van der Waals surface area contributed by atoms with Crippen molar-refractivity contribution < 1.29 is 4.79 Å². The van der Waals surface area contributed by atoms with E-state index in [4.69, 9.17) is 17.3 Å². The van der Waals surface area contributed by atoms with Crippen molar-refractivity contribution in [2.45, 2.75) is 6.42 Å². The largest absolute Gasteiger partial charge is 0.364 e. The first-order valence-corrected chi connectivity index (χ1v) is 7.87. The van der Waals surface area contributed by atoms with Gasteiger partial charge in [-0.15, -0.1) is 11.6 Å². The molecule has 1 heterocycles. The van der Waals surface area contributed by atoms with E-state index in [0.29, 0.717) is 5.88 Å². The number of amides is 1. The lowest BCUT2D eigenvalue weighted by atomic mass is 10.2. The number of rotatable bonds is 6. The van der Waals surface area contributed by atoms with Gasteiger partial charge in [0, 0.05) is 43.2 Å². The summed E-state index contributed by atoms with van der Waals surface area (Å²) >= 11 is 7.30. The maximum absolute atomic E-state index is 11.0. The number of halogens is 1. The highest BCUT2D eigenvalue weighted by molar-refractivity contribution is 8.13. The molecule has 0 aliphatic heterocycles. The molecule has 1 amide bonds. The summed E-state index contributed by atoms with van der Waals surface area (Å²) in [6.07, 6.45) is 2.50. The van der Waals surface area contributed by atoms with Crippen molar-refractivity contribution in [1.82, 2.24) is 9.88 Å². The lowest BCUT2D eigenvalue weighted by Crippen LogP contribution is -2.23. The summed E-state index contributed by atoms with van der Waals surface area (Å²) in [6.45, 7) is 4.05. The van der Waals surface area contributed by atoms with E-state index in [0.717, 1.165) is 28.6 Å². The molecule has 1 rings (SSSR count). The van der Waals surface area contributed by atoms with Crippen LogP contribution in [-0.2, 0) is 0 Å². The lowest BCUT2D eigenvalue weighted by Gasteiger charge is -2.22. The van der Waals surface area contributed by atoms with Gasteiger partial charge in [0.15, 0.2) is 5.17 Å². The van der Waals surface area contributed by atoms with Crippen LogP contribution in [0.25, 0.3) is 5.70 Å². The monoisotopic (exact) mass is 326 g/mol. The summed E-state index contributed by atoms with van der Waals surface area (Å²) in [4.78, 5) is 21.2. The Bertz CT molecular complexity index is 530. The molecule has 0 aromatic carbocycles. The Morgan fingerprint density at radius 2 is 2.29 bits per heavy atom.